The minimum absolute atomic E-state index is 0. The molecule has 0 fully saturated rings. The van der Waals surface area contributed by atoms with Gasteiger partial charge >= 0.3 is 35.7 Å². The third-order valence-corrected chi connectivity index (χ3v) is 0.513. The van der Waals surface area contributed by atoms with Gasteiger partial charge in [0.25, 0.3) is 0 Å². The summed E-state index contributed by atoms with van der Waals surface area (Å²) in [5, 5.41) is 7.76. The molecule has 0 aromatic carbocycles. The topological polar surface area (TPSA) is 40.5 Å². The van der Waals surface area contributed by atoms with E-state index in [1.807, 2.05) is 0 Å². The average Bonchev–Trinajstić information content (AvgIpc) is 1.36. The van der Waals surface area contributed by atoms with Crippen molar-refractivity contribution in [2.75, 3.05) is 0 Å². The van der Waals surface area contributed by atoms with Gasteiger partial charge in [-0.2, -0.15) is 3.71 Å². The number of amides is 1. The Bertz CT molecular complexity index is 71.1. The summed E-state index contributed by atoms with van der Waals surface area (Å²) in [7, 11) is 0. The van der Waals surface area contributed by atoms with Crippen LogP contribution in [0.3, 0.4) is 0 Å². The van der Waals surface area contributed by atoms with Crippen molar-refractivity contribution in [2.45, 2.75) is 0 Å². The zero-order valence-electron chi connectivity index (χ0n) is 4.70. The van der Waals surface area contributed by atoms with Gasteiger partial charge in [0.2, 0.25) is 0 Å². The Kier molecular flexibility index (Phi) is 7.94. The second kappa shape index (κ2) is 5.11. The van der Waals surface area contributed by atoms with Crippen LogP contribution in [0.4, 0.5) is 4.79 Å². The molecule has 3 nitrogen and oxygen atoms in total. The average molecular weight is 149 g/mol. The van der Waals surface area contributed by atoms with Gasteiger partial charge in [-0.3, -0.25) is 0 Å². The van der Waals surface area contributed by atoms with Gasteiger partial charge in [-0.1, -0.05) is 0 Å². The van der Waals surface area contributed by atoms with Crippen LogP contribution in [0.2, 0.25) is 0 Å². The third-order valence-electron chi connectivity index (χ3n) is 0.171. The van der Waals surface area contributed by atoms with Crippen LogP contribution < -0.4 is 29.6 Å². The van der Waals surface area contributed by atoms with Crippen LogP contribution in [0, 0.1) is 0 Å². The summed E-state index contributed by atoms with van der Waals surface area (Å²) in [4.78, 5) is 9.47. The molecule has 6 heteroatoms. The van der Waals surface area contributed by atoms with Crippen molar-refractivity contribution in [3.63, 3.8) is 0 Å². The fourth-order valence-corrected chi connectivity index (χ4v) is 0. The van der Waals surface area contributed by atoms with Gasteiger partial charge in [-0.15, -0.1) is 0 Å². The van der Waals surface area contributed by atoms with E-state index in [4.69, 9.17) is 5.11 Å². The first kappa shape index (κ1) is 10.9. The number of hydrogen-bond donors (Lipinski definition) is 3. The summed E-state index contributed by atoms with van der Waals surface area (Å²) in [6, 6.07) is 0. The van der Waals surface area contributed by atoms with Crippen molar-refractivity contribution in [3.8, 4) is 0 Å². The monoisotopic (exact) mass is 149 g/mol. The van der Waals surface area contributed by atoms with Gasteiger partial charge in [0, 0.05) is 0 Å². The Labute approximate surface area is 75.9 Å². The molecule has 38 valence electrons. The second-order valence-corrected chi connectivity index (χ2v) is 1.69. The zero-order chi connectivity index (χ0) is 5.15. The fourth-order valence-electron chi connectivity index (χ4n) is 0. The van der Waals surface area contributed by atoms with Crippen LogP contribution in [-0.4, -0.2) is 14.9 Å². The van der Waals surface area contributed by atoms with Crippen LogP contribution >= 0.6 is 25.6 Å². The summed E-state index contributed by atoms with van der Waals surface area (Å²) in [5.74, 6) is 0. The number of rotatable bonds is 0. The first-order valence-electron chi connectivity index (χ1n) is 1.05. The molecule has 0 rings (SSSR count). The molecule has 0 saturated heterocycles. The molecule has 0 unspecified atom stereocenters. The molecule has 0 atom stereocenters. The SMILES string of the molecule is O=C(O)N(S)S.[H-].[Na+]. The number of thiol groups is 2. The normalized spacial score (nSPS) is 6.57. The fraction of sp³-hybridized carbons (Fsp3) is 0. The molecule has 0 aromatic rings. The molecule has 0 aromatic heterocycles. The molecule has 0 aliphatic heterocycles. The Hall–Kier alpha value is 0.970. The van der Waals surface area contributed by atoms with Crippen molar-refractivity contribution in [2.24, 2.45) is 0 Å². The van der Waals surface area contributed by atoms with E-state index in [0.717, 1.165) is 0 Å². The number of hydrogen-bond acceptors (Lipinski definition) is 3. The van der Waals surface area contributed by atoms with Gasteiger partial charge in [-0.25, -0.2) is 4.79 Å². The summed E-state index contributed by atoms with van der Waals surface area (Å²) in [5.41, 5.74) is 0. The van der Waals surface area contributed by atoms with Crippen LogP contribution in [0.15, 0.2) is 0 Å². The molecule has 0 saturated carbocycles. The van der Waals surface area contributed by atoms with E-state index in [2.05, 4.69) is 25.6 Å². The third kappa shape index (κ3) is 6.97. The first-order valence-corrected chi connectivity index (χ1v) is 1.85. The number of carboxylic acid groups (broad SMARTS) is 1. The van der Waals surface area contributed by atoms with Gasteiger partial charge in [0.1, 0.15) is 0 Å². The largest absolute Gasteiger partial charge is 1.00 e. The molecule has 0 spiro atoms. The molecular weight excluding hydrogens is 145 g/mol. The molecule has 0 radical (unpaired) electrons. The standard InChI is InChI=1S/CH3NO2S2.Na.H/c3-1(4)2(5)6;;/h5-6H,(H,3,4);;/q;+1;-1. The van der Waals surface area contributed by atoms with E-state index in [-0.39, 0.29) is 31.0 Å². The molecule has 0 aliphatic rings. The van der Waals surface area contributed by atoms with Crippen molar-refractivity contribution in [1.82, 2.24) is 3.71 Å². The maximum Gasteiger partial charge on any atom is 1.00 e. The minimum atomic E-state index is -1.18. The molecule has 1 amide bonds. The van der Waals surface area contributed by atoms with Crippen molar-refractivity contribution in [1.29, 1.82) is 0 Å². The van der Waals surface area contributed by atoms with Crippen molar-refractivity contribution >= 4 is 31.7 Å². The summed E-state index contributed by atoms with van der Waals surface area (Å²) in [6.45, 7) is 0. The molecular formula is CH4NNaO2S2. The van der Waals surface area contributed by atoms with Crippen molar-refractivity contribution in [3.05, 3.63) is 0 Å². The van der Waals surface area contributed by atoms with Crippen LogP contribution in [-0.2, 0) is 0 Å². The number of carbonyl (C=O) groups is 1. The van der Waals surface area contributed by atoms with E-state index in [0.29, 0.717) is 3.71 Å². The van der Waals surface area contributed by atoms with Gasteiger partial charge in [-0.05, 0) is 25.6 Å². The van der Waals surface area contributed by atoms with Crippen LogP contribution in [0.25, 0.3) is 0 Å². The second-order valence-electron chi connectivity index (χ2n) is 0.572. The Morgan fingerprint density at radius 1 is 1.71 bits per heavy atom. The van der Waals surface area contributed by atoms with E-state index in [1.54, 1.807) is 0 Å². The van der Waals surface area contributed by atoms with Crippen LogP contribution in [0.1, 0.15) is 1.43 Å². The maximum atomic E-state index is 9.47. The van der Waals surface area contributed by atoms with Crippen molar-refractivity contribution < 1.29 is 40.9 Å². The smallest absolute Gasteiger partial charge is 1.00 e. The Morgan fingerprint density at radius 3 is 1.86 bits per heavy atom. The molecule has 0 heterocycles. The molecule has 0 bridgehead atoms. The Morgan fingerprint density at radius 2 is 1.86 bits per heavy atom. The predicted molar refractivity (Wildman–Crippen MR) is 28.9 cm³/mol. The van der Waals surface area contributed by atoms with E-state index in [9.17, 15) is 4.79 Å². The summed E-state index contributed by atoms with van der Waals surface area (Å²) >= 11 is 6.58. The van der Waals surface area contributed by atoms with Crippen LogP contribution in [0.5, 0.6) is 0 Å². The summed E-state index contributed by atoms with van der Waals surface area (Å²) < 4.78 is 0.472. The number of nitrogens with zero attached hydrogens (tertiary/aromatic N) is 1. The van der Waals surface area contributed by atoms with E-state index in [1.165, 1.54) is 0 Å². The zero-order valence-corrected chi connectivity index (χ0v) is 7.49. The van der Waals surface area contributed by atoms with E-state index < -0.39 is 6.09 Å². The minimum Gasteiger partial charge on any atom is -1.00 e. The quantitative estimate of drug-likeness (QED) is 0.269. The van der Waals surface area contributed by atoms with Gasteiger partial charge in [0.15, 0.2) is 0 Å². The van der Waals surface area contributed by atoms with Gasteiger partial charge in [0.05, 0.1) is 0 Å². The molecule has 1 N–H and O–H groups in total. The predicted octanol–water partition coefficient (Wildman–Crippen LogP) is -2.23. The van der Waals surface area contributed by atoms with Gasteiger partial charge < -0.3 is 6.53 Å². The summed E-state index contributed by atoms with van der Waals surface area (Å²) in [6.07, 6.45) is -1.18. The van der Waals surface area contributed by atoms with E-state index >= 15 is 0 Å². The molecule has 7 heavy (non-hydrogen) atoms. The Balaban J connectivity index is -0.000000125. The maximum absolute atomic E-state index is 9.47. The first-order chi connectivity index (χ1) is 2.64. The molecule has 0 aliphatic carbocycles.